The summed E-state index contributed by atoms with van der Waals surface area (Å²) in [4.78, 5) is 68.2. The van der Waals surface area contributed by atoms with Gasteiger partial charge in [0.25, 0.3) is 5.56 Å². The molecule has 1 amide bonds. The summed E-state index contributed by atoms with van der Waals surface area (Å²) in [6.07, 6.45) is -6.51. The highest BCUT2D eigenvalue weighted by molar-refractivity contribution is 5.93. The van der Waals surface area contributed by atoms with Gasteiger partial charge in [0.05, 0.1) is 46.4 Å². The van der Waals surface area contributed by atoms with E-state index in [1.807, 2.05) is 0 Å². The molecule has 6 unspecified atom stereocenters. The van der Waals surface area contributed by atoms with Gasteiger partial charge in [-0.25, -0.2) is 23.8 Å². The van der Waals surface area contributed by atoms with E-state index < -0.39 is 94.2 Å². The van der Waals surface area contributed by atoms with Gasteiger partial charge in [0.2, 0.25) is 6.29 Å². The maximum absolute atomic E-state index is 15.4. The molecule has 6 N–H and O–H groups in total. The Morgan fingerprint density at radius 1 is 1.16 bits per heavy atom. The van der Waals surface area contributed by atoms with Crippen molar-refractivity contribution in [2.45, 2.75) is 101 Å². The number of aromatic nitrogens is 2. The molecule has 1 saturated heterocycles. The van der Waals surface area contributed by atoms with Gasteiger partial charge in [-0.15, -0.1) is 12.3 Å². The largest absolute Gasteiger partial charge is 0.479 e. The zero-order valence-electron chi connectivity index (χ0n) is 32.3. The van der Waals surface area contributed by atoms with Gasteiger partial charge in [-0.2, -0.15) is 0 Å². The lowest BCUT2D eigenvalue weighted by atomic mass is 9.81. The molecule has 0 spiro atoms. The van der Waals surface area contributed by atoms with Gasteiger partial charge >= 0.3 is 23.7 Å². The van der Waals surface area contributed by atoms with Gasteiger partial charge < -0.3 is 54.4 Å². The number of benzene rings is 2. The van der Waals surface area contributed by atoms with Gasteiger partial charge in [-0.1, -0.05) is 13.0 Å². The van der Waals surface area contributed by atoms with Crippen molar-refractivity contribution in [2.75, 3.05) is 0 Å². The molecule has 0 radical (unpaired) electrons. The summed E-state index contributed by atoms with van der Waals surface area (Å²) in [6.45, 7) is 2.83. The smallest absolute Gasteiger partial charge is 0.408 e. The van der Waals surface area contributed by atoms with Crippen LogP contribution in [0.2, 0.25) is 0 Å². The Balaban J connectivity index is 1.12. The molecule has 8 rings (SSSR count). The highest BCUT2D eigenvalue weighted by atomic mass is 19.1. The van der Waals surface area contributed by atoms with Crippen LogP contribution in [0, 0.1) is 35.2 Å². The summed E-state index contributed by atoms with van der Waals surface area (Å²) in [5.41, 5.74) is -0.205. The van der Waals surface area contributed by atoms with E-state index in [0.29, 0.717) is 34.1 Å². The number of pyridine rings is 2. The van der Waals surface area contributed by atoms with Crippen molar-refractivity contribution < 1.29 is 68.2 Å². The number of nitro benzene ring substituents is 1. The van der Waals surface area contributed by atoms with Crippen LogP contribution in [0.3, 0.4) is 0 Å². The number of alkyl carbamates (subject to hydrolysis) is 1. The van der Waals surface area contributed by atoms with Crippen LogP contribution in [-0.2, 0) is 49.0 Å². The third-order valence-corrected chi connectivity index (χ3v) is 11.8. The molecule has 1 aliphatic carbocycles. The van der Waals surface area contributed by atoms with Crippen molar-refractivity contribution in [3.63, 3.8) is 0 Å². The van der Waals surface area contributed by atoms with Crippen molar-refractivity contribution in [3.05, 3.63) is 95.6 Å². The number of ether oxygens (including phenoxy) is 4. The number of carbonyl (C=O) groups is 3. The number of hydrogen-bond acceptors (Lipinski definition) is 15. The highest BCUT2D eigenvalue weighted by Gasteiger charge is 2.49. The Hall–Kier alpha value is -6.50. The molecule has 19 nitrogen and oxygen atoms in total. The first-order valence-corrected chi connectivity index (χ1v) is 19.1. The number of esters is 1. The van der Waals surface area contributed by atoms with Gasteiger partial charge in [-0.05, 0) is 55.0 Å². The molecule has 61 heavy (non-hydrogen) atoms. The number of halogens is 1. The van der Waals surface area contributed by atoms with Crippen LogP contribution in [0.25, 0.3) is 22.3 Å². The Kier molecular flexibility index (Phi) is 10.3. The molecule has 20 heteroatoms. The van der Waals surface area contributed by atoms with Crippen LogP contribution in [0.15, 0.2) is 35.1 Å². The van der Waals surface area contributed by atoms with Crippen molar-refractivity contribution in [1.82, 2.24) is 14.9 Å². The Morgan fingerprint density at radius 2 is 1.92 bits per heavy atom. The molecule has 0 bridgehead atoms. The minimum Gasteiger partial charge on any atom is -0.479 e. The van der Waals surface area contributed by atoms with Crippen molar-refractivity contribution in [2.24, 2.45) is 0 Å². The number of aryl methyl sites for hydroxylation is 1. The first kappa shape index (κ1) is 41.2. The molecule has 4 aliphatic rings. The van der Waals surface area contributed by atoms with Crippen molar-refractivity contribution in [3.8, 4) is 29.5 Å². The number of aliphatic carboxylic acids is 1. The normalized spacial score (nSPS) is 25.3. The molecule has 4 aromatic rings. The Labute approximate surface area is 343 Å². The maximum Gasteiger partial charge on any atom is 0.408 e. The van der Waals surface area contributed by atoms with Crippen LogP contribution >= 0.6 is 0 Å². The van der Waals surface area contributed by atoms with Gasteiger partial charge in [0, 0.05) is 34.2 Å². The second kappa shape index (κ2) is 15.2. The Bertz CT molecular complexity index is 2680. The summed E-state index contributed by atoms with van der Waals surface area (Å²) in [6, 6.07) is 5.31. The second-order valence-corrected chi connectivity index (χ2v) is 15.2. The Morgan fingerprint density at radius 3 is 2.61 bits per heavy atom. The topological polar surface area (TPSA) is 279 Å². The number of rotatable bonds is 9. The average molecular weight is 845 g/mol. The van der Waals surface area contributed by atoms with Crippen molar-refractivity contribution >= 4 is 34.6 Å². The first-order valence-electron chi connectivity index (χ1n) is 19.1. The molecular formula is C41H37FN4O15. The van der Waals surface area contributed by atoms with Crippen LogP contribution in [0.4, 0.5) is 14.9 Å². The summed E-state index contributed by atoms with van der Waals surface area (Å²) >= 11 is 0. The molecule has 2 aromatic heterocycles. The number of carboxylic acid groups (broad SMARTS) is 1. The van der Waals surface area contributed by atoms with Gasteiger partial charge in [-0.3, -0.25) is 14.9 Å². The number of nitrogens with zero attached hydrogens (tertiary/aromatic N) is 3. The van der Waals surface area contributed by atoms with Crippen LogP contribution in [-0.4, -0.2) is 88.7 Å². The molecule has 3 aliphatic heterocycles. The van der Waals surface area contributed by atoms with E-state index in [9.17, 15) is 54.8 Å². The van der Waals surface area contributed by atoms with E-state index in [2.05, 4.69) is 11.2 Å². The minimum absolute atomic E-state index is 0.0200. The number of cyclic esters (lactones) is 1. The van der Waals surface area contributed by atoms with Crippen molar-refractivity contribution in [1.29, 1.82) is 0 Å². The fourth-order valence-corrected chi connectivity index (χ4v) is 8.59. The molecule has 0 saturated carbocycles. The number of aliphatic hydroxyl groups is 4. The summed E-state index contributed by atoms with van der Waals surface area (Å²) in [5.74, 6) is -1.26. The summed E-state index contributed by atoms with van der Waals surface area (Å²) in [5, 5.41) is 66.9. The molecule has 8 atom stereocenters. The number of amides is 1. The molecule has 1 fully saturated rings. The van der Waals surface area contributed by atoms with E-state index >= 15 is 4.39 Å². The number of aliphatic hydroxyl groups excluding tert-OH is 3. The maximum atomic E-state index is 15.4. The number of nitro groups is 1. The average Bonchev–Trinajstić information content (AvgIpc) is 3.60. The lowest BCUT2D eigenvalue weighted by Crippen LogP contribution is -2.61. The second-order valence-electron chi connectivity index (χ2n) is 15.2. The zero-order valence-corrected chi connectivity index (χ0v) is 32.3. The third-order valence-electron chi connectivity index (χ3n) is 11.8. The van der Waals surface area contributed by atoms with Crippen LogP contribution < -0.4 is 15.6 Å². The van der Waals surface area contributed by atoms with Gasteiger partial charge in [0.15, 0.2) is 17.5 Å². The molecular weight excluding hydrogens is 807 g/mol. The lowest BCUT2D eigenvalue weighted by Gasteiger charge is -2.38. The molecule has 2 aromatic carbocycles. The fourth-order valence-electron chi connectivity index (χ4n) is 8.59. The third kappa shape index (κ3) is 6.61. The van der Waals surface area contributed by atoms with E-state index in [0.717, 1.165) is 12.1 Å². The molecule has 318 valence electrons. The fraction of sp³-hybridized carbons (Fsp3) is 0.390. The highest BCUT2D eigenvalue weighted by Crippen LogP contribution is 2.46. The minimum atomic E-state index is -2.09. The number of carbonyl (C=O) groups excluding carboxylic acids is 2. The number of fused-ring (bicyclic) bond motifs is 5. The van der Waals surface area contributed by atoms with E-state index in [4.69, 9.17) is 30.4 Å². The number of carboxylic acids is 1. The quantitative estimate of drug-likeness (QED) is 0.0537. The van der Waals surface area contributed by atoms with Gasteiger partial charge in [0.1, 0.15) is 36.8 Å². The predicted molar refractivity (Wildman–Crippen MR) is 204 cm³/mol. The first-order chi connectivity index (χ1) is 29.0. The molecule has 5 heterocycles. The van der Waals surface area contributed by atoms with Crippen LogP contribution in [0.5, 0.6) is 5.75 Å². The van der Waals surface area contributed by atoms with E-state index in [1.165, 1.54) is 22.8 Å². The zero-order chi connectivity index (χ0) is 43.8. The number of hydrogen-bond donors (Lipinski definition) is 6. The van der Waals surface area contributed by atoms with Crippen LogP contribution in [0.1, 0.15) is 77.3 Å². The SMILES string of the molecule is C#CCC(OC(=O)N[C@@H]1CCc2c(C)c(F)cc3nc4c(c1c23)Cn1c-4cc2c(c1=O)COC(=O)[C@]2(O)CC)c1ccc(OC2OC(C(=O)O)C(O)C(O)C2O)c([N+](=O)[O-])c1. The number of nitrogens with one attached hydrogen (secondary N) is 1. The summed E-state index contributed by atoms with van der Waals surface area (Å²) in [7, 11) is 0. The predicted octanol–water partition coefficient (Wildman–Crippen LogP) is 2.18. The lowest BCUT2D eigenvalue weighted by molar-refractivity contribution is -0.387. The van der Waals surface area contributed by atoms with E-state index in [1.54, 1.807) is 13.8 Å². The van der Waals surface area contributed by atoms with E-state index in [-0.39, 0.29) is 66.0 Å². The monoisotopic (exact) mass is 844 g/mol. The standard InChI is InChI=1S/C41H37FN4O15/c1-4-6-27(17-7-10-28(25(11-17)46(56)57)59-38-34(49)32(47)33(48)35(61-38)37(51)52)60-40(54)44-23-9-8-18-16(3)22(42)13-24-29(18)30(23)19-14-45-26(31(19)43-24)12-21-20(36(45)50)15-58-39(53)41(21,55)5-2/h1,7,10-13,23,27,32-35,38,47-49,55H,5-6,8-9,14-15H2,2-3H3,(H,44,54)(H,51,52)/t23-,27?,32?,33?,34?,35?,38?,41+/m1/s1. The number of terminal acetylenes is 1. The summed E-state index contributed by atoms with van der Waals surface area (Å²) < 4.78 is 38.3.